The normalized spacial score (nSPS) is 10.4. The minimum absolute atomic E-state index is 0.362. The molecule has 0 saturated heterocycles. The van der Waals surface area contributed by atoms with E-state index in [1.54, 1.807) is 23.9 Å². The number of carbonyl (C=O) groups excluding carboxylic acids is 1. The SMILES string of the molecule is CC(C)Sc1ccc(N)c(C(=O)NN)c1. The summed E-state index contributed by atoms with van der Waals surface area (Å²) in [5.41, 5.74) is 8.60. The summed E-state index contributed by atoms with van der Waals surface area (Å²) in [7, 11) is 0. The second-order valence-corrected chi connectivity index (χ2v) is 5.04. The maximum atomic E-state index is 11.3. The first-order valence-electron chi connectivity index (χ1n) is 4.61. The quantitative estimate of drug-likeness (QED) is 0.239. The van der Waals surface area contributed by atoms with Crippen molar-refractivity contribution in [3.05, 3.63) is 23.8 Å². The van der Waals surface area contributed by atoms with E-state index in [1.807, 2.05) is 6.07 Å². The van der Waals surface area contributed by atoms with Gasteiger partial charge in [-0.05, 0) is 18.2 Å². The number of hydrazine groups is 1. The number of amides is 1. The average Bonchev–Trinajstić information content (AvgIpc) is 2.19. The van der Waals surface area contributed by atoms with Crippen LogP contribution in [0, 0.1) is 0 Å². The number of hydrogen-bond donors (Lipinski definition) is 3. The van der Waals surface area contributed by atoms with Crippen LogP contribution in [0.15, 0.2) is 23.1 Å². The van der Waals surface area contributed by atoms with Crippen LogP contribution in [0.1, 0.15) is 24.2 Å². The Kier molecular flexibility index (Phi) is 3.99. The topological polar surface area (TPSA) is 81.1 Å². The van der Waals surface area contributed by atoms with Crippen LogP contribution in [-0.2, 0) is 0 Å². The van der Waals surface area contributed by atoms with Crippen molar-refractivity contribution in [2.24, 2.45) is 5.84 Å². The highest BCUT2D eigenvalue weighted by atomic mass is 32.2. The van der Waals surface area contributed by atoms with E-state index in [0.717, 1.165) is 4.90 Å². The molecule has 82 valence electrons. The number of nitrogen functional groups attached to an aromatic ring is 2. The number of thioether (sulfide) groups is 1. The Morgan fingerprint density at radius 1 is 1.47 bits per heavy atom. The number of nitrogens with one attached hydrogen (secondary N) is 1. The van der Waals surface area contributed by atoms with E-state index in [1.165, 1.54) is 0 Å². The molecule has 0 aliphatic heterocycles. The Bertz CT molecular complexity index is 366. The smallest absolute Gasteiger partial charge is 0.267 e. The maximum Gasteiger partial charge on any atom is 0.267 e. The fourth-order valence-electron chi connectivity index (χ4n) is 1.16. The van der Waals surface area contributed by atoms with Crippen molar-refractivity contribution in [3.8, 4) is 0 Å². The van der Waals surface area contributed by atoms with E-state index in [4.69, 9.17) is 11.6 Å². The fraction of sp³-hybridized carbons (Fsp3) is 0.300. The van der Waals surface area contributed by atoms with Gasteiger partial charge >= 0.3 is 0 Å². The third kappa shape index (κ3) is 3.14. The zero-order chi connectivity index (χ0) is 11.4. The van der Waals surface area contributed by atoms with Crippen LogP contribution in [0.2, 0.25) is 0 Å². The van der Waals surface area contributed by atoms with E-state index in [-0.39, 0.29) is 5.91 Å². The lowest BCUT2D eigenvalue weighted by atomic mass is 10.2. The van der Waals surface area contributed by atoms with Crippen LogP contribution in [0.25, 0.3) is 0 Å². The van der Waals surface area contributed by atoms with Crippen molar-refractivity contribution < 1.29 is 4.79 Å². The number of rotatable bonds is 3. The van der Waals surface area contributed by atoms with Gasteiger partial charge in [0.25, 0.3) is 5.91 Å². The molecule has 0 aromatic heterocycles. The highest BCUT2D eigenvalue weighted by Gasteiger charge is 2.09. The van der Waals surface area contributed by atoms with Crippen LogP contribution < -0.4 is 17.0 Å². The molecule has 0 heterocycles. The monoisotopic (exact) mass is 225 g/mol. The summed E-state index contributed by atoms with van der Waals surface area (Å²) in [5, 5.41) is 0.461. The summed E-state index contributed by atoms with van der Waals surface area (Å²) in [6.45, 7) is 4.17. The van der Waals surface area contributed by atoms with E-state index in [2.05, 4.69) is 19.3 Å². The zero-order valence-corrected chi connectivity index (χ0v) is 9.60. The summed E-state index contributed by atoms with van der Waals surface area (Å²) in [6, 6.07) is 5.37. The molecule has 15 heavy (non-hydrogen) atoms. The average molecular weight is 225 g/mol. The summed E-state index contributed by atoms with van der Waals surface area (Å²) in [6.07, 6.45) is 0. The molecule has 0 aliphatic carbocycles. The van der Waals surface area contributed by atoms with Crippen molar-refractivity contribution in [1.82, 2.24) is 5.43 Å². The molecule has 0 radical (unpaired) electrons. The minimum atomic E-state index is -0.362. The third-order valence-electron chi connectivity index (χ3n) is 1.77. The third-order valence-corrected chi connectivity index (χ3v) is 2.77. The van der Waals surface area contributed by atoms with Gasteiger partial charge in [0.15, 0.2) is 0 Å². The second kappa shape index (κ2) is 5.04. The summed E-state index contributed by atoms with van der Waals surface area (Å²) < 4.78 is 0. The number of anilines is 1. The van der Waals surface area contributed by atoms with Crippen molar-refractivity contribution in [3.63, 3.8) is 0 Å². The molecule has 0 bridgehead atoms. The molecular weight excluding hydrogens is 210 g/mol. The predicted octanol–water partition coefficient (Wildman–Crippen LogP) is 1.37. The van der Waals surface area contributed by atoms with Crippen LogP contribution in [-0.4, -0.2) is 11.2 Å². The Hall–Kier alpha value is -1.20. The van der Waals surface area contributed by atoms with Crippen LogP contribution in [0.5, 0.6) is 0 Å². The molecule has 0 saturated carbocycles. The molecule has 0 unspecified atom stereocenters. The lowest BCUT2D eigenvalue weighted by Gasteiger charge is -2.08. The standard InChI is InChI=1S/C10H15N3OS/c1-6(2)15-7-3-4-9(11)8(5-7)10(14)13-12/h3-6H,11-12H2,1-2H3,(H,13,14). The molecule has 5 N–H and O–H groups in total. The Balaban J connectivity index is 3.00. The van der Waals surface area contributed by atoms with Gasteiger partial charge in [-0.3, -0.25) is 10.2 Å². The lowest BCUT2D eigenvalue weighted by molar-refractivity contribution is 0.0954. The maximum absolute atomic E-state index is 11.3. The number of hydrogen-bond acceptors (Lipinski definition) is 4. The molecule has 1 aromatic rings. The van der Waals surface area contributed by atoms with Crippen LogP contribution in [0.3, 0.4) is 0 Å². The first-order valence-corrected chi connectivity index (χ1v) is 5.49. The summed E-state index contributed by atoms with van der Waals surface area (Å²) in [5.74, 6) is 4.70. The van der Waals surface area contributed by atoms with Gasteiger partial charge < -0.3 is 5.73 Å². The molecule has 1 rings (SSSR count). The molecule has 1 aromatic carbocycles. The molecule has 0 fully saturated rings. The highest BCUT2D eigenvalue weighted by molar-refractivity contribution is 7.99. The predicted molar refractivity (Wildman–Crippen MR) is 63.5 cm³/mol. The molecule has 0 aliphatic rings. The van der Waals surface area contributed by atoms with Gasteiger partial charge in [-0.1, -0.05) is 13.8 Å². The second-order valence-electron chi connectivity index (χ2n) is 3.39. The Labute approximate surface area is 93.4 Å². The largest absolute Gasteiger partial charge is 0.398 e. The Morgan fingerprint density at radius 3 is 2.67 bits per heavy atom. The first kappa shape index (κ1) is 11.9. The van der Waals surface area contributed by atoms with Gasteiger partial charge in [0.05, 0.1) is 5.56 Å². The summed E-state index contributed by atoms with van der Waals surface area (Å²) >= 11 is 1.67. The van der Waals surface area contributed by atoms with Crippen molar-refractivity contribution in [2.75, 3.05) is 5.73 Å². The lowest BCUT2D eigenvalue weighted by Crippen LogP contribution is -2.30. The molecule has 0 spiro atoms. The fourth-order valence-corrected chi connectivity index (χ4v) is 2.03. The van der Waals surface area contributed by atoms with E-state index in [0.29, 0.717) is 16.5 Å². The Morgan fingerprint density at radius 2 is 2.13 bits per heavy atom. The molecule has 4 nitrogen and oxygen atoms in total. The van der Waals surface area contributed by atoms with Crippen LogP contribution in [0.4, 0.5) is 5.69 Å². The number of benzene rings is 1. The molecular formula is C10H15N3OS. The zero-order valence-electron chi connectivity index (χ0n) is 8.78. The van der Waals surface area contributed by atoms with Gasteiger partial charge in [0.2, 0.25) is 0 Å². The first-order chi connectivity index (χ1) is 7.04. The van der Waals surface area contributed by atoms with Gasteiger partial charge in [-0.2, -0.15) is 0 Å². The highest BCUT2D eigenvalue weighted by Crippen LogP contribution is 2.26. The summed E-state index contributed by atoms with van der Waals surface area (Å²) in [4.78, 5) is 12.4. The number of nitrogens with two attached hydrogens (primary N) is 2. The minimum Gasteiger partial charge on any atom is -0.398 e. The van der Waals surface area contributed by atoms with Crippen molar-refractivity contribution in [2.45, 2.75) is 24.0 Å². The van der Waals surface area contributed by atoms with Crippen molar-refractivity contribution >= 4 is 23.4 Å². The van der Waals surface area contributed by atoms with Gasteiger partial charge in [0.1, 0.15) is 0 Å². The van der Waals surface area contributed by atoms with Gasteiger partial charge in [0, 0.05) is 15.8 Å². The van der Waals surface area contributed by atoms with Crippen molar-refractivity contribution in [1.29, 1.82) is 0 Å². The van der Waals surface area contributed by atoms with Gasteiger partial charge in [-0.25, -0.2) is 5.84 Å². The molecule has 1 amide bonds. The number of carbonyl (C=O) groups is 1. The molecule has 5 heteroatoms. The van der Waals surface area contributed by atoms with E-state index < -0.39 is 0 Å². The van der Waals surface area contributed by atoms with E-state index >= 15 is 0 Å². The van der Waals surface area contributed by atoms with E-state index in [9.17, 15) is 4.79 Å². The molecule has 0 atom stereocenters. The van der Waals surface area contributed by atoms with Crippen LogP contribution >= 0.6 is 11.8 Å². The van der Waals surface area contributed by atoms with Gasteiger partial charge in [-0.15, -0.1) is 11.8 Å².